The summed E-state index contributed by atoms with van der Waals surface area (Å²) in [5.41, 5.74) is 0. The van der Waals surface area contributed by atoms with E-state index in [1.165, 1.54) is 0 Å². The van der Waals surface area contributed by atoms with Gasteiger partial charge in [-0.1, -0.05) is 0 Å². The highest BCUT2D eigenvalue weighted by molar-refractivity contribution is 7.43. The molecule has 0 unspecified atom stereocenters. The lowest BCUT2D eigenvalue weighted by Gasteiger charge is -2.15. The van der Waals surface area contributed by atoms with E-state index in [-0.39, 0.29) is 48.2 Å². The van der Waals surface area contributed by atoms with Crippen LogP contribution < -0.4 is 39.1 Å². The zero-order chi connectivity index (χ0) is 71.9. The van der Waals surface area contributed by atoms with Crippen LogP contribution >= 0.6 is 31.6 Å². The number of halogens is 4. The summed E-state index contributed by atoms with van der Waals surface area (Å²) < 4.78 is 87.4. The Balaban J connectivity index is -0.0000000676. The van der Waals surface area contributed by atoms with Gasteiger partial charge in [0.15, 0.2) is 0 Å². The molecule has 0 aliphatic heterocycles. The van der Waals surface area contributed by atoms with Crippen molar-refractivity contribution >= 4 is 79.8 Å². The van der Waals surface area contributed by atoms with Crippen LogP contribution in [0.1, 0.15) is 0 Å². The fourth-order valence-electron chi connectivity index (χ4n) is 3.20. The topological polar surface area (TPSA) is 465 Å². The highest BCUT2D eigenvalue weighted by atomic mass is 31.2. The molecule has 0 atom stereocenters. The molecule has 512 valence electrons. The second kappa shape index (κ2) is 55.4. The molecule has 0 rings (SSSR count). The third-order valence-electron chi connectivity index (χ3n) is 6.40. The molecular weight excluding hydrogens is 1220 g/mol. The van der Waals surface area contributed by atoms with Gasteiger partial charge in [-0.05, 0) is 0 Å². The molecule has 0 saturated carbocycles. The van der Waals surface area contributed by atoms with E-state index >= 15 is 0 Å². The number of rotatable bonds is 0. The highest BCUT2D eigenvalue weighted by Crippen LogP contribution is 2.23. The maximum Gasteiger partial charge on any atom is 0.442 e. The van der Waals surface area contributed by atoms with E-state index in [9.17, 15) is 16.8 Å². The Bertz CT molecular complexity index is 1750. The summed E-state index contributed by atoms with van der Waals surface area (Å²) in [4.78, 5) is 80.6. The molecule has 0 radical (unpaired) electrons. The zero-order valence-electron chi connectivity index (χ0n) is 54.9. The van der Waals surface area contributed by atoms with Crippen molar-refractivity contribution in [2.24, 2.45) is 0 Å². The number of hydrogen-bond acceptors (Lipinski definition) is 12. The molecule has 0 spiro atoms. The molecule has 0 bridgehead atoms. The Kier molecular flexibility index (Phi) is 70.3. The largest absolute Gasteiger partial charge is 0.786 e. The SMILES string of the molecule is CN(C)C(O)=[N+](C)C.CN(C)C(O)=[N+](C)C.CN(C)C(O)=[N+](C)C.CN(C)C(O)=[N+](C)C.CN(C)C(O)=[N+](C)C.CN(C)C(O)=[N+](C)C.CN(C)C(O)=[N+](C)C.CN(C)C(O)=[N+](C)C.O=P([O-])([O-])F.O=P([O-])([O-])F.O=P([O-])([O-])F.O=P([O-])([O-])F. The number of aliphatic hydroxyl groups excluding tert-OH is 8. The van der Waals surface area contributed by atoms with Gasteiger partial charge in [-0.3, -0.25) is 0 Å². The maximum atomic E-state index is 10.1. The lowest BCUT2D eigenvalue weighted by atomic mass is 10.8. The molecule has 8 N–H and O–H groups in total. The highest BCUT2D eigenvalue weighted by Gasteiger charge is 2.09. The van der Waals surface area contributed by atoms with Crippen molar-refractivity contribution < 1.29 is 152 Å². The molecule has 0 aromatic carbocycles. The van der Waals surface area contributed by atoms with Crippen molar-refractivity contribution in [3.05, 3.63) is 0 Å². The van der Waals surface area contributed by atoms with E-state index in [2.05, 4.69) is 0 Å². The van der Waals surface area contributed by atoms with E-state index < -0.39 is 31.6 Å². The fraction of sp³-hybridized carbons (Fsp3) is 0.800. The molecule has 0 saturated heterocycles. The van der Waals surface area contributed by atoms with E-state index in [1.54, 1.807) is 301 Å². The van der Waals surface area contributed by atoms with Crippen molar-refractivity contribution in [1.29, 1.82) is 0 Å². The molecule has 44 heteroatoms. The third-order valence-corrected chi connectivity index (χ3v) is 6.40. The van der Waals surface area contributed by atoms with Gasteiger partial charge in [0.1, 0.15) is 31.6 Å². The van der Waals surface area contributed by atoms with Gasteiger partial charge >= 0.3 is 48.2 Å². The van der Waals surface area contributed by atoms with Gasteiger partial charge in [-0.15, -0.1) is 0 Å². The molecule has 0 aliphatic rings. The van der Waals surface area contributed by atoms with Crippen LogP contribution in [-0.4, -0.2) is 390 Å². The van der Waals surface area contributed by atoms with E-state index in [4.69, 9.17) is 98.3 Å². The summed E-state index contributed by atoms with van der Waals surface area (Å²) in [6, 6.07) is 2.15. The minimum Gasteiger partial charge on any atom is -0.786 e. The molecule has 0 amide bonds. The quantitative estimate of drug-likeness (QED) is 0.0367. The summed E-state index contributed by atoms with van der Waals surface area (Å²) in [7, 11) is 34.6. The fourth-order valence-corrected chi connectivity index (χ4v) is 3.20. The average molecular weight is 1330 g/mol. The van der Waals surface area contributed by atoms with Gasteiger partial charge in [0.25, 0.3) is 0 Å². The van der Waals surface area contributed by atoms with E-state index in [0.717, 1.165) is 0 Å². The van der Waals surface area contributed by atoms with Crippen molar-refractivity contribution in [1.82, 2.24) is 39.2 Å². The Morgan fingerprint density at radius 1 is 0.226 bits per heavy atom. The van der Waals surface area contributed by atoms with Crippen molar-refractivity contribution in [3.8, 4) is 0 Å². The molecular formula is C40H104F4N16O20P4. The average Bonchev–Trinajstić information content (AvgIpc) is 3.25. The van der Waals surface area contributed by atoms with Crippen LogP contribution in [0.25, 0.3) is 0 Å². The van der Waals surface area contributed by atoms with Crippen LogP contribution in [0, 0.1) is 0 Å². The summed E-state index contributed by atoms with van der Waals surface area (Å²) >= 11 is 0. The lowest BCUT2D eigenvalue weighted by molar-refractivity contribution is -0.479. The van der Waals surface area contributed by atoms with Crippen LogP contribution in [0.3, 0.4) is 0 Å². The number of amidine groups is 8. The van der Waals surface area contributed by atoms with Crippen LogP contribution in [-0.2, 0) is 18.3 Å². The smallest absolute Gasteiger partial charge is 0.442 e. The number of hydrogen-bond donors (Lipinski definition) is 8. The first-order chi connectivity index (χ1) is 36.4. The van der Waals surface area contributed by atoms with Gasteiger partial charge in [0.2, 0.25) is 0 Å². The standard InChI is InChI=1S/8C5H12N2O.4FH2O3P/c8*1-6(2)5(8)7(3)4;4*1-5(2,3)4/h8*1-4H3;4*(H2,2,3,4). The molecule has 0 heterocycles. The molecule has 0 aromatic heterocycles. The van der Waals surface area contributed by atoms with Crippen molar-refractivity contribution in [2.45, 2.75) is 0 Å². The Morgan fingerprint density at radius 2 is 0.262 bits per heavy atom. The first kappa shape index (κ1) is 107. The summed E-state index contributed by atoms with van der Waals surface area (Å²) in [6.07, 6.45) is 0. The van der Waals surface area contributed by atoms with Crippen LogP contribution in [0.2, 0.25) is 0 Å². The van der Waals surface area contributed by atoms with E-state index in [1.807, 2.05) is 0 Å². The summed E-state index contributed by atoms with van der Waals surface area (Å²) in [6.45, 7) is 0. The predicted molar refractivity (Wildman–Crippen MR) is 302 cm³/mol. The van der Waals surface area contributed by atoms with Gasteiger partial charge in [-0.25, -0.2) is 92.6 Å². The van der Waals surface area contributed by atoms with Gasteiger partial charge < -0.3 is 98.3 Å². The lowest BCUT2D eigenvalue weighted by Crippen LogP contribution is -2.28. The third kappa shape index (κ3) is 127. The molecule has 0 aromatic rings. The zero-order valence-corrected chi connectivity index (χ0v) is 58.5. The summed E-state index contributed by atoms with van der Waals surface area (Å²) in [5.74, 6) is 0. The number of aliphatic hydroxyl groups is 8. The van der Waals surface area contributed by atoms with Crippen molar-refractivity contribution in [2.75, 3.05) is 226 Å². The number of nitrogens with zero attached hydrogens (tertiary/aromatic N) is 16. The Hall–Kier alpha value is -5.52. The van der Waals surface area contributed by atoms with Gasteiger partial charge in [0.05, 0.1) is 226 Å². The minimum atomic E-state index is -5.64. The van der Waals surface area contributed by atoms with Gasteiger partial charge in [-0.2, -0.15) is 0 Å². The molecule has 0 fully saturated rings. The predicted octanol–water partition coefficient (Wildman–Crippen LogP) is -6.99. The molecule has 84 heavy (non-hydrogen) atoms. The van der Waals surface area contributed by atoms with Crippen molar-refractivity contribution in [3.63, 3.8) is 0 Å². The molecule has 0 aliphatic carbocycles. The van der Waals surface area contributed by atoms with Crippen LogP contribution in [0.5, 0.6) is 0 Å². The summed E-state index contributed by atoms with van der Waals surface area (Å²) in [5, 5.41) is 71.8. The Labute approximate surface area is 495 Å². The second-order valence-electron chi connectivity index (χ2n) is 18.4. The first-order valence-corrected chi connectivity index (χ1v) is 28.3. The monoisotopic (exact) mass is 1330 g/mol. The normalized spacial score (nSPS) is 9.29. The van der Waals surface area contributed by atoms with Crippen LogP contribution in [0.15, 0.2) is 0 Å². The first-order valence-electron chi connectivity index (χ1n) is 22.5. The van der Waals surface area contributed by atoms with Crippen LogP contribution in [0.4, 0.5) is 16.8 Å². The van der Waals surface area contributed by atoms with E-state index in [0.29, 0.717) is 0 Å². The Morgan fingerprint density at radius 3 is 0.262 bits per heavy atom. The maximum absolute atomic E-state index is 10.1. The minimum absolute atomic E-state index is 0.269. The second-order valence-corrected chi connectivity index (χ2v) is 21.9. The molecule has 36 nitrogen and oxygen atoms in total. The van der Waals surface area contributed by atoms with Gasteiger partial charge in [0, 0.05) is 0 Å².